The smallest absolute Gasteiger partial charge is 0.336 e. The van der Waals surface area contributed by atoms with E-state index in [4.69, 9.17) is 30.0 Å². The second-order valence-corrected chi connectivity index (χ2v) is 10.6. The fraction of sp³-hybridized carbons (Fsp3) is 0.483. The van der Waals surface area contributed by atoms with Gasteiger partial charge in [0.05, 0.1) is 29.9 Å². The van der Waals surface area contributed by atoms with Crippen LogP contribution in [0.15, 0.2) is 34.9 Å². The van der Waals surface area contributed by atoms with E-state index in [2.05, 4.69) is 66.3 Å². The fourth-order valence-electron chi connectivity index (χ4n) is 5.23. The lowest BCUT2D eigenvalue weighted by atomic mass is 9.96. The average Bonchev–Trinajstić information content (AvgIpc) is 3.57. The van der Waals surface area contributed by atoms with E-state index in [0.29, 0.717) is 12.0 Å². The van der Waals surface area contributed by atoms with Crippen molar-refractivity contribution in [2.45, 2.75) is 84.4 Å². The van der Waals surface area contributed by atoms with Crippen molar-refractivity contribution in [3.8, 4) is 5.69 Å². The van der Waals surface area contributed by atoms with Crippen LogP contribution in [0.5, 0.6) is 0 Å². The molecule has 1 aliphatic rings. The summed E-state index contributed by atoms with van der Waals surface area (Å²) in [7, 11) is 0. The first-order valence-electron chi connectivity index (χ1n) is 13.5. The molecule has 1 saturated carbocycles. The predicted molar refractivity (Wildman–Crippen MR) is 148 cm³/mol. The lowest BCUT2D eigenvalue weighted by Crippen LogP contribution is -2.42. The van der Waals surface area contributed by atoms with Crippen LogP contribution >= 0.6 is 0 Å². The molecule has 0 aliphatic heterocycles. The van der Waals surface area contributed by atoms with Crippen LogP contribution in [0.1, 0.15) is 66.1 Å². The molecule has 0 unspecified atom stereocenters. The zero-order valence-electron chi connectivity index (χ0n) is 23.8. The lowest BCUT2D eigenvalue weighted by Gasteiger charge is -2.20. The minimum Gasteiger partial charge on any atom is -0.481 e. The highest BCUT2D eigenvalue weighted by Gasteiger charge is 2.40. The van der Waals surface area contributed by atoms with Crippen molar-refractivity contribution in [3.63, 3.8) is 0 Å². The molecule has 2 aromatic heterocycles. The SMILES string of the molecule is Cc1cc(C[C@@H]2CCC[C@H]2NCc2c(C)nn(-c3ccccc3C)c2C)on1.O=C(O)CC(O)(CC(=O)O)C(=O)O. The average molecular weight is 571 g/mol. The molecule has 1 fully saturated rings. The first-order valence-corrected chi connectivity index (χ1v) is 13.5. The summed E-state index contributed by atoms with van der Waals surface area (Å²) >= 11 is 0. The Balaban J connectivity index is 0.000000302. The summed E-state index contributed by atoms with van der Waals surface area (Å²) in [4.78, 5) is 30.5. The summed E-state index contributed by atoms with van der Waals surface area (Å²) in [6, 6.07) is 11.0. The molecular formula is C29H38N4O8. The highest BCUT2D eigenvalue weighted by molar-refractivity contribution is 5.88. The molecular weight excluding hydrogens is 532 g/mol. The van der Waals surface area contributed by atoms with Gasteiger partial charge < -0.3 is 30.3 Å². The highest BCUT2D eigenvalue weighted by atomic mass is 16.5. The van der Waals surface area contributed by atoms with Crippen LogP contribution in [0, 0.1) is 33.6 Å². The normalized spacial score (nSPS) is 16.7. The van der Waals surface area contributed by atoms with Gasteiger partial charge in [0.1, 0.15) is 5.76 Å². The molecule has 222 valence electrons. The number of aliphatic hydroxyl groups is 1. The van der Waals surface area contributed by atoms with Gasteiger partial charge in [0.15, 0.2) is 5.60 Å². The zero-order chi connectivity index (χ0) is 30.3. The molecule has 5 N–H and O–H groups in total. The van der Waals surface area contributed by atoms with Gasteiger partial charge in [-0.3, -0.25) is 9.59 Å². The molecule has 0 amide bonds. The van der Waals surface area contributed by atoms with E-state index in [1.54, 1.807) is 0 Å². The fourth-order valence-corrected chi connectivity index (χ4v) is 5.23. The summed E-state index contributed by atoms with van der Waals surface area (Å²) < 4.78 is 7.54. The molecule has 1 aliphatic carbocycles. The number of benzene rings is 1. The van der Waals surface area contributed by atoms with Gasteiger partial charge in [-0.1, -0.05) is 29.8 Å². The molecule has 0 saturated heterocycles. The van der Waals surface area contributed by atoms with Crippen molar-refractivity contribution in [3.05, 3.63) is 64.3 Å². The number of hydrogen-bond acceptors (Lipinski definition) is 8. The topological polar surface area (TPSA) is 188 Å². The van der Waals surface area contributed by atoms with Crippen LogP contribution in [0.3, 0.4) is 0 Å². The second kappa shape index (κ2) is 13.6. The van der Waals surface area contributed by atoms with Crippen LogP contribution < -0.4 is 5.32 Å². The Labute approximate surface area is 238 Å². The quantitative estimate of drug-likeness (QED) is 0.227. The number of aryl methyl sites for hydroxylation is 3. The monoisotopic (exact) mass is 570 g/mol. The van der Waals surface area contributed by atoms with Crippen LogP contribution in [0.2, 0.25) is 0 Å². The Morgan fingerprint density at radius 2 is 1.71 bits per heavy atom. The number of nitrogens with zero attached hydrogens (tertiary/aromatic N) is 3. The maximum Gasteiger partial charge on any atom is 0.336 e. The van der Waals surface area contributed by atoms with E-state index in [1.165, 1.54) is 36.1 Å². The van der Waals surface area contributed by atoms with E-state index in [9.17, 15) is 14.4 Å². The van der Waals surface area contributed by atoms with Gasteiger partial charge in [0.25, 0.3) is 0 Å². The number of aliphatic carboxylic acids is 3. The molecule has 0 radical (unpaired) electrons. The molecule has 3 aromatic rings. The second-order valence-electron chi connectivity index (χ2n) is 10.6. The number of hydrogen-bond donors (Lipinski definition) is 5. The molecule has 2 atom stereocenters. The maximum absolute atomic E-state index is 10.3. The van der Waals surface area contributed by atoms with Crippen molar-refractivity contribution in [2.75, 3.05) is 0 Å². The largest absolute Gasteiger partial charge is 0.481 e. The minimum atomic E-state index is -2.74. The Hall–Kier alpha value is -4.03. The number of aromatic nitrogens is 3. The van der Waals surface area contributed by atoms with Crippen LogP contribution in [-0.2, 0) is 27.3 Å². The van der Waals surface area contributed by atoms with E-state index < -0.39 is 36.4 Å². The highest BCUT2D eigenvalue weighted by Crippen LogP contribution is 2.30. The van der Waals surface area contributed by atoms with Crippen molar-refractivity contribution < 1.29 is 39.3 Å². The van der Waals surface area contributed by atoms with Crippen LogP contribution in [0.25, 0.3) is 5.69 Å². The molecule has 12 nitrogen and oxygen atoms in total. The molecule has 41 heavy (non-hydrogen) atoms. The van der Waals surface area contributed by atoms with E-state index >= 15 is 0 Å². The van der Waals surface area contributed by atoms with Crippen molar-refractivity contribution in [2.24, 2.45) is 5.92 Å². The standard InChI is InChI=1S/C23H30N4O.C6H8O7/c1-15-8-5-6-11-23(15)27-18(4)21(17(3)25-27)14-24-22-10-7-9-19(22)13-20-12-16(2)26-28-20;7-3(8)1-6(13,5(11)12)2-4(9)10/h5-6,8,11-12,19,22,24H,7,9-10,13-14H2,1-4H3;13H,1-2H2,(H,7,8)(H,9,10)(H,11,12)/t19-,22+;/m0./s1. The van der Waals surface area contributed by atoms with Crippen molar-refractivity contribution in [1.29, 1.82) is 0 Å². The van der Waals surface area contributed by atoms with Gasteiger partial charge >= 0.3 is 17.9 Å². The summed E-state index contributed by atoms with van der Waals surface area (Å²) in [5, 5.41) is 46.5. The number of carbonyl (C=O) groups is 3. The molecule has 12 heteroatoms. The molecule has 0 spiro atoms. The van der Waals surface area contributed by atoms with Crippen LogP contribution in [0.4, 0.5) is 0 Å². The molecule has 0 bridgehead atoms. The first kappa shape index (κ1) is 31.5. The van der Waals surface area contributed by atoms with E-state index in [-0.39, 0.29) is 0 Å². The Morgan fingerprint density at radius 3 is 2.27 bits per heavy atom. The number of carboxylic acid groups (broad SMARTS) is 3. The third-order valence-corrected chi connectivity index (χ3v) is 7.41. The van der Waals surface area contributed by atoms with Gasteiger partial charge in [0, 0.05) is 36.3 Å². The lowest BCUT2D eigenvalue weighted by molar-refractivity contribution is -0.170. The number of rotatable bonds is 11. The maximum atomic E-state index is 10.3. The van der Waals surface area contributed by atoms with Gasteiger partial charge in [0.2, 0.25) is 0 Å². The molecule has 2 heterocycles. The first-order chi connectivity index (χ1) is 19.3. The predicted octanol–water partition coefficient (Wildman–Crippen LogP) is 3.35. The third-order valence-electron chi connectivity index (χ3n) is 7.41. The summed E-state index contributed by atoms with van der Waals surface area (Å²) in [5.41, 5.74) is 4.27. The number of para-hydroxylation sites is 1. The van der Waals surface area contributed by atoms with Gasteiger partial charge in [-0.15, -0.1) is 0 Å². The third kappa shape index (κ3) is 8.24. The number of carboxylic acids is 3. The summed E-state index contributed by atoms with van der Waals surface area (Å²) in [6.07, 6.45) is 2.43. The van der Waals surface area contributed by atoms with Crippen molar-refractivity contribution >= 4 is 17.9 Å². The summed E-state index contributed by atoms with van der Waals surface area (Å²) in [5.74, 6) is -3.40. The Bertz CT molecular complexity index is 1360. The van der Waals surface area contributed by atoms with Gasteiger partial charge in [-0.05, 0) is 58.1 Å². The van der Waals surface area contributed by atoms with Gasteiger partial charge in [-0.2, -0.15) is 5.10 Å². The molecule has 1 aromatic carbocycles. The number of nitrogens with one attached hydrogen (secondary N) is 1. The van der Waals surface area contributed by atoms with E-state index in [0.717, 1.165) is 35.8 Å². The minimum absolute atomic E-state index is 0.519. The van der Waals surface area contributed by atoms with Crippen molar-refractivity contribution in [1.82, 2.24) is 20.3 Å². The zero-order valence-corrected chi connectivity index (χ0v) is 23.8. The van der Waals surface area contributed by atoms with E-state index in [1.807, 2.05) is 6.92 Å². The Kier molecular flexibility index (Phi) is 10.4. The molecule has 4 rings (SSSR count). The van der Waals surface area contributed by atoms with Crippen LogP contribution in [-0.4, -0.2) is 64.9 Å². The Morgan fingerprint density at radius 1 is 1.05 bits per heavy atom. The summed E-state index contributed by atoms with van der Waals surface area (Å²) in [6.45, 7) is 9.27. The van der Waals surface area contributed by atoms with Gasteiger partial charge in [-0.25, -0.2) is 9.48 Å².